The van der Waals surface area contributed by atoms with Gasteiger partial charge < -0.3 is 16.5 Å². The summed E-state index contributed by atoms with van der Waals surface area (Å²) in [4.78, 5) is 8.09. The number of nitrogen functional groups attached to an aromatic ring is 2. The number of anilines is 4. The zero-order chi connectivity index (χ0) is 14.8. The van der Waals surface area contributed by atoms with Gasteiger partial charge in [0.2, 0.25) is 5.95 Å². The van der Waals surface area contributed by atoms with E-state index in [4.69, 9.17) is 11.6 Å². The molecule has 0 aliphatic rings. The first-order chi connectivity index (χ1) is 9.38. The zero-order valence-corrected chi connectivity index (χ0v) is 11.5. The first-order valence-electron chi connectivity index (χ1n) is 5.57. The van der Waals surface area contributed by atoms with Crippen molar-refractivity contribution in [1.82, 2.24) is 9.97 Å². The number of nitrogens with one attached hydrogen (secondary N) is 2. The Balaban J connectivity index is 2.24. The lowest BCUT2D eigenvalue weighted by Crippen LogP contribution is -2.11. The molecule has 0 aliphatic carbocycles. The highest BCUT2D eigenvalue weighted by atomic mass is 32.2. The average Bonchev–Trinajstić information content (AvgIpc) is 2.37. The van der Waals surface area contributed by atoms with Gasteiger partial charge in [-0.1, -0.05) is 0 Å². The van der Waals surface area contributed by atoms with Gasteiger partial charge in [-0.05, 0) is 24.3 Å². The molecule has 9 heteroatoms. The van der Waals surface area contributed by atoms with Gasteiger partial charge in [0.05, 0.1) is 4.90 Å². The van der Waals surface area contributed by atoms with Crippen LogP contribution in [0.2, 0.25) is 0 Å². The number of nitrogens with zero attached hydrogens (tertiary/aromatic N) is 2. The standard InChI is InChI=1S/C11H14N6O2S/c1-20(18,19)8-4-2-7(3-5-8)14-9-6-10(17-13)16-11(12)15-9/h2-6H,13H2,1H3,(H4,12,14,15,16,17). The van der Waals surface area contributed by atoms with Crippen molar-refractivity contribution in [3.63, 3.8) is 0 Å². The molecule has 0 spiro atoms. The van der Waals surface area contributed by atoms with Crippen molar-refractivity contribution in [2.45, 2.75) is 4.90 Å². The number of rotatable bonds is 4. The van der Waals surface area contributed by atoms with Crippen LogP contribution in [0, 0.1) is 0 Å². The summed E-state index contributed by atoms with van der Waals surface area (Å²) in [6.07, 6.45) is 1.15. The minimum atomic E-state index is -3.21. The Labute approximate surface area is 116 Å². The van der Waals surface area contributed by atoms with E-state index in [0.29, 0.717) is 17.3 Å². The summed E-state index contributed by atoms with van der Waals surface area (Å²) >= 11 is 0. The first-order valence-corrected chi connectivity index (χ1v) is 7.46. The Morgan fingerprint density at radius 1 is 1.10 bits per heavy atom. The van der Waals surface area contributed by atoms with Crippen molar-refractivity contribution in [3.05, 3.63) is 30.3 Å². The minimum absolute atomic E-state index is 0.0655. The predicted octanol–water partition coefficient (Wildman–Crippen LogP) is 0.492. The van der Waals surface area contributed by atoms with Gasteiger partial charge in [-0.25, -0.2) is 14.3 Å². The number of hydrazine groups is 1. The van der Waals surface area contributed by atoms with Gasteiger partial charge in [0.15, 0.2) is 9.84 Å². The Morgan fingerprint density at radius 3 is 2.25 bits per heavy atom. The maximum Gasteiger partial charge on any atom is 0.223 e. The molecule has 1 aromatic heterocycles. The quantitative estimate of drug-likeness (QED) is 0.472. The lowest BCUT2D eigenvalue weighted by atomic mass is 10.3. The SMILES string of the molecule is CS(=O)(=O)c1ccc(Nc2cc(NN)nc(N)n2)cc1. The Bertz CT molecular complexity index is 714. The van der Waals surface area contributed by atoms with Gasteiger partial charge in [0, 0.05) is 18.0 Å². The third-order valence-electron chi connectivity index (χ3n) is 2.45. The zero-order valence-electron chi connectivity index (χ0n) is 10.7. The summed E-state index contributed by atoms with van der Waals surface area (Å²) in [6, 6.07) is 7.84. The molecular weight excluding hydrogens is 280 g/mol. The van der Waals surface area contributed by atoms with Crippen molar-refractivity contribution in [3.8, 4) is 0 Å². The number of hydrogen-bond acceptors (Lipinski definition) is 8. The summed E-state index contributed by atoms with van der Waals surface area (Å²) in [5.74, 6) is 6.13. The molecule has 2 aromatic rings. The summed E-state index contributed by atoms with van der Waals surface area (Å²) < 4.78 is 22.7. The van der Waals surface area contributed by atoms with Gasteiger partial charge in [-0.3, -0.25) is 0 Å². The van der Waals surface area contributed by atoms with E-state index in [1.54, 1.807) is 18.2 Å². The third-order valence-corrected chi connectivity index (χ3v) is 3.57. The monoisotopic (exact) mass is 294 g/mol. The lowest BCUT2D eigenvalue weighted by Gasteiger charge is -2.08. The van der Waals surface area contributed by atoms with Crippen molar-refractivity contribution in [2.75, 3.05) is 22.7 Å². The van der Waals surface area contributed by atoms with E-state index in [0.717, 1.165) is 6.26 Å². The van der Waals surface area contributed by atoms with Crippen LogP contribution < -0.4 is 22.3 Å². The third kappa shape index (κ3) is 3.33. The molecule has 0 atom stereocenters. The van der Waals surface area contributed by atoms with E-state index in [-0.39, 0.29) is 10.8 Å². The van der Waals surface area contributed by atoms with Gasteiger partial charge in [0.25, 0.3) is 0 Å². The first kappa shape index (κ1) is 14.0. The second-order valence-electron chi connectivity index (χ2n) is 4.06. The Kier molecular flexibility index (Phi) is 3.72. The molecule has 0 radical (unpaired) electrons. The highest BCUT2D eigenvalue weighted by molar-refractivity contribution is 7.90. The van der Waals surface area contributed by atoms with Crippen molar-refractivity contribution >= 4 is 33.1 Å². The second kappa shape index (κ2) is 5.31. The van der Waals surface area contributed by atoms with E-state index in [1.165, 1.54) is 12.1 Å². The molecule has 8 nitrogen and oxygen atoms in total. The molecule has 1 aromatic carbocycles. The summed E-state index contributed by atoms with van der Waals surface area (Å²) in [5, 5.41) is 2.98. The smallest absolute Gasteiger partial charge is 0.223 e. The van der Waals surface area contributed by atoms with Gasteiger partial charge >= 0.3 is 0 Å². The van der Waals surface area contributed by atoms with E-state index in [9.17, 15) is 8.42 Å². The molecule has 106 valence electrons. The van der Waals surface area contributed by atoms with E-state index in [1.807, 2.05) is 0 Å². The molecule has 0 aliphatic heterocycles. The fraction of sp³-hybridized carbons (Fsp3) is 0.0909. The van der Waals surface area contributed by atoms with Crippen LogP contribution in [-0.4, -0.2) is 24.6 Å². The largest absolute Gasteiger partial charge is 0.368 e. The highest BCUT2D eigenvalue weighted by Gasteiger charge is 2.07. The van der Waals surface area contributed by atoms with Crippen molar-refractivity contribution in [1.29, 1.82) is 0 Å². The van der Waals surface area contributed by atoms with Gasteiger partial charge in [-0.15, -0.1) is 0 Å². The van der Waals surface area contributed by atoms with Crippen LogP contribution in [0.3, 0.4) is 0 Å². The topological polar surface area (TPSA) is 136 Å². The Morgan fingerprint density at radius 2 is 1.70 bits per heavy atom. The molecule has 0 amide bonds. The molecule has 0 saturated carbocycles. The molecule has 0 unspecified atom stereocenters. The maximum absolute atomic E-state index is 11.4. The van der Waals surface area contributed by atoms with Crippen LogP contribution in [-0.2, 0) is 9.84 Å². The number of benzene rings is 1. The maximum atomic E-state index is 11.4. The molecule has 0 fully saturated rings. The van der Waals surface area contributed by atoms with E-state index in [2.05, 4.69) is 20.7 Å². The molecule has 2 rings (SSSR count). The number of aromatic nitrogens is 2. The molecular formula is C11H14N6O2S. The fourth-order valence-corrected chi connectivity index (χ4v) is 2.17. The van der Waals surface area contributed by atoms with Gasteiger partial charge in [0.1, 0.15) is 11.6 Å². The van der Waals surface area contributed by atoms with Crippen LogP contribution in [0.25, 0.3) is 0 Å². The van der Waals surface area contributed by atoms with Crippen LogP contribution >= 0.6 is 0 Å². The van der Waals surface area contributed by atoms with Gasteiger partial charge in [-0.2, -0.15) is 9.97 Å². The van der Waals surface area contributed by atoms with E-state index >= 15 is 0 Å². The number of nitrogens with two attached hydrogens (primary N) is 2. The summed E-state index contributed by atoms with van der Waals surface area (Å²) in [7, 11) is -3.21. The molecule has 0 saturated heterocycles. The molecule has 6 N–H and O–H groups in total. The molecule has 1 heterocycles. The molecule has 0 bridgehead atoms. The van der Waals surface area contributed by atoms with Crippen LogP contribution in [0.5, 0.6) is 0 Å². The predicted molar refractivity (Wildman–Crippen MR) is 77.1 cm³/mol. The highest BCUT2D eigenvalue weighted by Crippen LogP contribution is 2.19. The van der Waals surface area contributed by atoms with Crippen molar-refractivity contribution < 1.29 is 8.42 Å². The molecule has 20 heavy (non-hydrogen) atoms. The van der Waals surface area contributed by atoms with Crippen LogP contribution in [0.15, 0.2) is 35.2 Å². The van der Waals surface area contributed by atoms with Crippen molar-refractivity contribution in [2.24, 2.45) is 5.84 Å². The fourth-order valence-electron chi connectivity index (χ4n) is 1.54. The lowest BCUT2D eigenvalue weighted by molar-refractivity contribution is 0.602. The number of sulfone groups is 1. The average molecular weight is 294 g/mol. The van der Waals surface area contributed by atoms with E-state index < -0.39 is 9.84 Å². The van der Waals surface area contributed by atoms with Crippen LogP contribution in [0.4, 0.5) is 23.3 Å². The second-order valence-corrected chi connectivity index (χ2v) is 6.08. The Hall–Kier alpha value is -2.39. The summed E-state index contributed by atoms with van der Waals surface area (Å²) in [6.45, 7) is 0. The van der Waals surface area contributed by atoms with Crippen LogP contribution in [0.1, 0.15) is 0 Å². The normalized spacial score (nSPS) is 11.1. The summed E-state index contributed by atoms with van der Waals surface area (Å²) in [5.41, 5.74) is 8.57. The minimum Gasteiger partial charge on any atom is -0.368 e. The number of hydrogen-bond donors (Lipinski definition) is 4.